The highest BCUT2D eigenvalue weighted by Gasteiger charge is 2.30. The molecule has 0 spiro atoms. The average molecular weight is 501 g/mol. The van der Waals surface area contributed by atoms with Crippen LogP contribution in [0.3, 0.4) is 0 Å². The van der Waals surface area contributed by atoms with Crippen LogP contribution in [0.4, 0.5) is 25.1 Å². The van der Waals surface area contributed by atoms with E-state index >= 15 is 4.39 Å². The first kappa shape index (κ1) is 25.3. The average Bonchev–Trinajstić information content (AvgIpc) is 3.39. The molecule has 3 heterocycles. The molecule has 0 radical (unpaired) electrons. The molecule has 1 saturated heterocycles. The summed E-state index contributed by atoms with van der Waals surface area (Å²) in [6, 6.07) is 4.03. The molecule has 0 aliphatic carbocycles. The zero-order chi connectivity index (χ0) is 26.2. The van der Waals surface area contributed by atoms with Crippen LogP contribution in [0.1, 0.15) is 37.6 Å². The number of carbonyl (C=O) groups excluding carboxylic acids is 2. The largest absolute Gasteiger partial charge is 0.444 e. The van der Waals surface area contributed by atoms with Crippen LogP contribution < -0.4 is 5.32 Å². The highest BCUT2D eigenvalue weighted by atomic mass is 19.1. The molecule has 3 aromatic rings. The lowest BCUT2D eigenvalue weighted by molar-refractivity contribution is 0.0287. The zero-order valence-corrected chi connectivity index (χ0v) is 21.0. The third-order valence-electron chi connectivity index (χ3n) is 5.88. The Labute approximate surface area is 208 Å². The van der Waals surface area contributed by atoms with Gasteiger partial charge >= 0.3 is 6.09 Å². The lowest BCUT2D eigenvalue weighted by atomic mass is 10.1. The Morgan fingerprint density at radius 2 is 1.94 bits per heavy atom. The van der Waals surface area contributed by atoms with Gasteiger partial charge in [-0.1, -0.05) is 0 Å². The van der Waals surface area contributed by atoms with Crippen molar-refractivity contribution < 1.29 is 23.1 Å². The summed E-state index contributed by atoms with van der Waals surface area (Å²) >= 11 is 0. The second-order valence-corrected chi connectivity index (χ2v) is 10.2. The number of carbonyl (C=O) groups is 2. The number of benzene rings is 1. The van der Waals surface area contributed by atoms with Crippen LogP contribution in [-0.4, -0.2) is 69.1 Å². The number of halogens is 2. The summed E-state index contributed by atoms with van der Waals surface area (Å²) in [6.45, 7) is 6.97. The van der Waals surface area contributed by atoms with Crippen molar-refractivity contribution in [1.29, 1.82) is 0 Å². The van der Waals surface area contributed by atoms with Gasteiger partial charge in [-0.25, -0.2) is 23.5 Å². The van der Waals surface area contributed by atoms with Gasteiger partial charge in [0.1, 0.15) is 29.2 Å². The van der Waals surface area contributed by atoms with Gasteiger partial charge in [-0.3, -0.25) is 4.79 Å². The number of amides is 2. The van der Waals surface area contributed by atoms with Gasteiger partial charge in [-0.05, 0) is 51.3 Å². The molecule has 1 aliphatic heterocycles. The van der Waals surface area contributed by atoms with E-state index in [1.54, 1.807) is 23.6 Å². The summed E-state index contributed by atoms with van der Waals surface area (Å²) in [5.74, 6) is -1.33. The minimum atomic E-state index is -0.664. The van der Waals surface area contributed by atoms with Crippen LogP contribution in [0.2, 0.25) is 0 Å². The van der Waals surface area contributed by atoms with Gasteiger partial charge in [0.05, 0.1) is 11.1 Å². The molecular weight excluding hydrogens is 470 g/mol. The summed E-state index contributed by atoms with van der Waals surface area (Å²) in [7, 11) is 3.16. The number of ether oxygens (including phenoxy) is 1. The molecule has 2 amide bonds. The molecule has 0 bridgehead atoms. The van der Waals surface area contributed by atoms with E-state index in [1.807, 2.05) is 20.8 Å². The monoisotopic (exact) mass is 500 g/mol. The number of likely N-dealkylation sites (tertiary alicyclic amines) is 1. The molecule has 1 atom stereocenters. The number of nitrogens with zero attached hydrogens (tertiary/aromatic N) is 5. The van der Waals surface area contributed by atoms with Crippen LogP contribution in [0.15, 0.2) is 30.7 Å². The van der Waals surface area contributed by atoms with Gasteiger partial charge in [0.25, 0.3) is 5.91 Å². The normalized spacial score (nSPS) is 15.9. The first-order chi connectivity index (χ1) is 16.9. The Kier molecular flexibility index (Phi) is 6.83. The lowest BCUT2D eigenvalue weighted by Gasteiger charge is -2.24. The maximum absolute atomic E-state index is 15.0. The number of aromatic nitrogens is 3. The molecule has 1 aromatic carbocycles. The van der Waals surface area contributed by atoms with Crippen molar-refractivity contribution in [2.75, 3.05) is 32.5 Å². The predicted molar refractivity (Wildman–Crippen MR) is 131 cm³/mol. The van der Waals surface area contributed by atoms with Gasteiger partial charge < -0.3 is 24.4 Å². The fraction of sp³-hybridized carbons (Fsp3) is 0.440. The zero-order valence-electron chi connectivity index (χ0n) is 21.0. The Hall–Kier alpha value is -3.76. The van der Waals surface area contributed by atoms with Gasteiger partial charge in [0.15, 0.2) is 5.82 Å². The van der Waals surface area contributed by atoms with Crippen LogP contribution >= 0.6 is 0 Å². The Morgan fingerprint density at radius 3 is 2.61 bits per heavy atom. The van der Waals surface area contributed by atoms with E-state index in [-0.39, 0.29) is 40.4 Å². The van der Waals surface area contributed by atoms with Crippen molar-refractivity contribution in [3.05, 3.63) is 47.9 Å². The SMILES string of the molecule is CN(C)C(=O)c1ccc(Nc2ncnc3c2c(F)cn3CC2CCN(C(=O)OC(C)(C)C)C2)c(F)c1. The van der Waals surface area contributed by atoms with E-state index < -0.39 is 17.2 Å². The minimum Gasteiger partial charge on any atom is -0.444 e. The van der Waals surface area contributed by atoms with Gasteiger partial charge in [0.2, 0.25) is 0 Å². The highest BCUT2D eigenvalue weighted by Crippen LogP contribution is 2.30. The molecule has 192 valence electrons. The molecular formula is C25H30F2N6O3. The summed E-state index contributed by atoms with van der Waals surface area (Å²) < 4.78 is 36.9. The molecule has 1 N–H and O–H groups in total. The molecule has 2 aromatic heterocycles. The number of anilines is 2. The van der Waals surface area contributed by atoms with Crippen molar-refractivity contribution in [3.63, 3.8) is 0 Å². The van der Waals surface area contributed by atoms with E-state index in [1.165, 1.54) is 29.6 Å². The van der Waals surface area contributed by atoms with Crippen LogP contribution in [0.5, 0.6) is 0 Å². The van der Waals surface area contributed by atoms with Crippen molar-refractivity contribution in [2.45, 2.75) is 39.3 Å². The summed E-state index contributed by atoms with van der Waals surface area (Å²) in [5.41, 5.74) is 0.0451. The summed E-state index contributed by atoms with van der Waals surface area (Å²) in [4.78, 5) is 35.8. The number of rotatable bonds is 5. The number of fused-ring (bicyclic) bond motifs is 1. The quantitative estimate of drug-likeness (QED) is 0.558. The second-order valence-electron chi connectivity index (χ2n) is 10.2. The topological polar surface area (TPSA) is 92.6 Å². The fourth-order valence-electron chi connectivity index (χ4n) is 4.20. The third-order valence-corrected chi connectivity index (χ3v) is 5.88. The maximum Gasteiger partial charge on any atom is 0.410 e. The number of nitrogens with one attached hydrogen (secondary N) is 1. The van der Waals surface area contributed by atoms with Crippen molar-refractivity contribution >= 4 is 34.5 Å². The van der Waals surface area contributed by atoms with Crippen LogP contribution in [0.25, 0.3) is 11.0 Å². The van der Waals surface area contributed by atoms with Gasteiger partial charge in [-0.2, -0.15) is 0 Å². The Balaban J connectivity index is 1.52. The smallest absolute Gasteiger partial charge is 0.410 e. The first-order valence-electron chi connectivity index (χ1n) is 11.7. The molecule has 36 heavy (non-hydrogen) atoms. The first-order valence-corrected chi connectivity index (χ1v) is 11.7. The van der Waals surface area contributed by atoms with E-state index in [2.05, 4.69) is 15.3 Å². The summed E-state index contributed by atoms with van der Waals surface area (Å²) in [5, 5.41) is 2.96. The van der Waals surface area contributed by atoms with Crippen molar-refractivity contribution in [2.24, 2.45) is 5.92 Å². The molecule has 1 unspecified atom stereocenters. The predicted octanol–water partition coefficient (Wildman–Crippen LogP) is 4.41. The maximum atomic E-state index is 15.0. The third kappa shape index (κ3) is 5.39. The van der Waals surface area contributed by atoms with E-state index in [9.17, 15) is 14.0 Å². The molecule has 11 heteroatoms. The molecule has 4 rings (SSSR count). The lowest BCUT2D eigenvalue weighted by Crippen LogP contribution is -2.35. The van der Waals surface area contributed by atoms with Crippen molar-refractivity contribution in [1.82, 2.24) is 24.3 Å². The molecule has 9 nitrogen and oxygen atoms in total. The van der Waals surface area contributed by atoms with Crippen molar-refractivity contribution in [3.8, 4) is 0 Å². The Bertz CT molecular complexity index is 1300. The molecule has 1 aliphatic rings. The summed E-state index contributed by atoms with van der Waals surface area (Å²) in [6.07, 6.45) is 3.02. The van der Waals surface area contributed by atoms with E-state index in [4.69, 9.17) is 4.74 Å². The fourth-order valence-corrected chi connectivity index (χ4v) is 4.20. The van der Waals surface area contributed by atoms with Crippen LogP contribution in [0, 0.1) is 17.6 Å². The number of hydrogen-bond donors (Lipinski definition) is 1. The molecule has 1 fully saturated rings. The van der Waals surface area contributed by atoms with E-state index in [0.29, 0.717) is 25.3 Å². The minimum absolute atomic E-state index is 0.0567. The molecule has 0 saturated carbocycles. The number of hydrogen-bond acceptors (Lipinski definition) is 6. The highest BCUT2D eigenvalue weighted by molar-refractivity contribution is 5.95. The van der Waals surface area contributed by atoms with Gasteiger partial charge in [-0.15, -0.1) is 0 Å². The van der Waals surface area contributed by atoms with E-state index in [0.717, 1.165) is 12.5 Å². The second kappa shape index (κ2) is 9.71. The standard InChI is InChI=1S/C25H30F2N6O3/c1-25(2,3)36-24(35)32-9-8-15(11-32)12-33-13-18(27)20-21(28-14-29-22(20)33)30-19-7-6-16(10-17(19)26)23(34)31(4)5/h6-7,10,13-15H,8-9,11-12H2,1-5H3,(H,28,29,30). The van der Waals surface area contributed by atoms with Crippen LogP contribution in [-0.2, 0) is 11.3 Å². The Morgan fingerprint density at radius 1 is 1.19 bits per heavy atom. The van der Waals surface area contributed by atoms with Gasteiger partial charge in [0, 0.05) is 45.5 Å².